The van der Waals surface area contributed by atoms with Crippen LogP contribution in [0.1, 0.15) is 31.1 Å². The van der Waals surface area contributed by atoms with Gasteiger partial charge >= 0.3 is 6.03 Å². The summed E-state index contributed by atoms with van der Waals surface area (Å²) in [5.41, 5.74) is 2.41. The molecule has 0 bridgehead atoms. The van der Waals surface area contributed by atoms with Gasteiger partial charge in [-0.2, -0.15) is 0 Å². The van der Waals surface area contributed by atoms with Crippen molar-refractivity contribution in [2.24, 2.45) is 5.92 Å². The van der Waals surface area contributed by atoms with Gasteiger partial charge in [0.05, 0.1) is 0 Å². The van der Waals surface area contributed by atoms with Crippen molar-refractivity contribution >= 4 is 29.1 Å². The maximum absolute atomic E-state index is 13.1. The molecular weight excluding hydrogens is 392 g/mol. The van der Waals surface area contributed by atoms with Crippen molar-refractivity contribution in [3.8, 4) is 0 Å². The number of Topliss-reactive ketones (excluding diaryl/α,β-unsaturated/α-hetero) is 1. The number of amides is 3. The van der Waals surface area contributed by atoms with Crippen molar-refractivity contribution in [1.29, 1.82) is 0 Å². The molecule has 2 aromatic carbocycles. The molecule has 0 saturated carbocycles. The lowest BCUT2D eigenvalue weighted by Crippen LogP contribution is -2.57. The van der Waals surface area contributed by atoms with Gasteiger partial charge in [0.25, 0.3) is 0 Å². The Bertz CT molecular complexity index is 904. The number of rotatable bonds is 6. The number of nitrogens with one attached hydrogen (secondary N) is 2. The zero-order chi connectivity index (χ0) is 22.4. The average Bonchev–Trinajstić information content (AvgIpc) is 2.77. The van der Waals surface area contributed by atoms with Crippen LogP contribution in [0.5, 0.6) is 0 Å². The Balaban J connectivity index is 1.56. The SMILES string of the molecule is CC(=O)c1ccc(N2CCN(C(=O)[C@@H](NC(=O)Nc3ccccc3)C(C)C)CC2)cc1. The van der Waals surface area contributed by atoms with E-state index in [1.165, 1.54) is 0 Å². The predicted octanol–water partition coefficient (Wildman–Crippen LogP) is 3.38. The van der Waals surface area contributed by atoms with Gasteiger partial charge < -0.3 is 20.4 Å². The summed E-state index contributed by atoms with van der Waals surface area (Å²) in [6.07, 6.45) is 0. The van der Waals surface area contributed by atoms with Gasteiger partial charge in [-0.25, -0.2) is 4.79 Å². The number of piperazine rings is 1. The van der Waals surface area contributed by atoms with Crippen molar-refractivity contribution in [2.45, 2.75) is 26.8 Å². The lowest BCUT2D eigenvalue weighted by Gasteiger charge is -2.38. The van der Waals surface area contributed by atoms with E-state index in [1.807, 2.05) is 61.2 Å². The Morgan fingerprint density at radius 2 is 1.48 bits per heavy atom. The fourth-order valence-corrected chi connectivity index (χ4v) is 3.63. The Hall–Kier alpha value is -3.35. The van der Waals surface area contributed by atoms with Crippen LogP contribution in [0.4, 0.5) is 16.2 Å². The van der Waals surface area contributed by atoms with Gasteiger partial charge in [-0.3, -0.25) is 9.59 Å². The van der Waals surface area contributed by atoms with E-state index in [4.69, 9.17) is 0 Å². The molecule has 1 aliphatic heterocycles. The summed E-state index contributed by atoms with van der Waals surface area (Å²) in [7, 11) is 0. The van der Waals surface area contributed by atoms with Gasteiger partial charge in [0.1, 0.15) is 6.04 Å². The highest BCUT2D eigenvalue weighted by molar-refractivity contribution is 5.94. The maximum atomic E-state index is 13.1. The first-order chi connectivity index (χ1) is 14.8. The number of nitrogens with zero attached hydrogens (tertiary/aromatic N) is 2. The van der Waals surface area contributed by atoms with Crippen LogP contribution in [-0.4, -0.2) is 54.8 Å². The first kappa shape index (κ1) is 22.3. The molecule has 1 saturated heterocycles. The van der Waals surface area contributed by atoms with Crippen LogP contribution < -0.4 is 15.5 Å². The van der Waals surface area contributed by atoms with Gasteiger partial charge in [-0.05, 0) is 49.2 Å². The Labute approximate surface area is 183 Å². The Morgan fingerprint density at radius 3 is 2.03 bits per heavy atom. The summed E-state index contributed by atoms with van der Waals surface area (Å²) in [6.45, 7) is 7.98. The summed E-state index contributed by atoms with van der Waals surface area (Å²) in [5, 5.41) is 5.61. The van der Waals surface area contributed by atoms with Crippen molar-refractivity contribution in [1.82, 2.24) is 10.2 Å². The van der Waals surface area contributed by atoms with Gasteiger partial charge in [0.2, 0.25) is 5.91 Å². The van der Waals surface area contributed by atoms with E-state index in [2.05, 4.69) is 15.5 Å². The van der Waals surface area contributed by atoms with E-state index in [0.29, 0.717) is 37.4 Å². The minimum atomic E-state index is -0.592. The fourth-order valence-electron chi connectivity index (χ4n) is 3.63. The lowest BCUT2D eigenvalue weighted by molar-refractivity contribution is -0.134. The fraction of sp³-hybridized carbons (Fsp3) is 0.375. The van der Waals surface area contributed by atoms with Gasteiger partial charge in [0.15, 0.2) is 5.78 Å². The van der Waals surface area contributed by atoms with Crippen LogP contribution in [0.2, 0.25) is 0 Å². The third kappa shape index (κ3) is 5.84. The maximum Gasteiger partial charge on any atom is 0.319 e. The van der Waals surface area contributed by atoms with Crippen LogP contribution >= 0.6 is 0 Å². The molecule has 0 radical (unpaired) electrons. The molecule has 7 nitrogen and oxygen atoms in total. The molecule has 3 rings (SSSR count). The standard InChI is InChI=1S/C24H30N4O3/c1-17(2)22(26-24(31)25-20-7-5-4-6-8-20)23(30)28-15-13-27(14-16-28)21-11-9-19(10-12-21)18(3)29/h4-12,17,22H,13-16H2,1-3H3,(H2,25,26,31)/t22-/m0/s1. The molecule has 164 valence electrons. The zero-order valence-electron chi connectivity index (χ0n) is 18.3. The summed E-state index contributed by atoms with van der Waals surface area (Å²) in [4.78, 5) is 41.0. The van der Waals surface area contributed by atoms with E-state index in [9.17, 15) is 14.4 Å². The first-order valence-corrected chi connectivity index (χ1v) is 10.6. The van der Waals surface area contributed by atoms with Crippen LogP contribution in [0.25, 0.3) is 0 Å². The molecule has 31 heavy (non-hydrogen) atoms. The summed E-state index contributed by atoms with van der Waals surface area (Å²) < 4.78 is 0. The molecule has 1 aliphatic rings. The van der Waals surface area contributed by atoms with Crippen LogP contribution in [0, 0.1) is 5.92 Å². The summed E-state index contributed by atoms with van der Waals surface area (Å²) in [6, 6.07) is 15.7. The topological polar surface area (TPSA) is 81.8 Å². The van der Waals surface area contributed by atoms with Gasteiger partial charge in [0, 0.05) is 43.1 Å². The highest BCUT2D eigenvalue weighted by atomic mass is 16.2. The molecular formula is C24H30N4O3. The number of para-hydroxylation sites is 1. The second kappa shape index (κ2) is 10.1. The number of carbonyl (C=O) groups excluding carboxylic acids is 3. The lowest BCUT2D eigenvalue weighted by atomic mass is 10.0. The molecule has 0 aromatic heterocycles. The van der Waals surface area contributed by atoms with Crippen LogP contribution in [0.15, 0.2) is 54.6 Å². The summed E-state index contributed by atoms with van der Waals surface area (Å²) in [5.74, 6) is -0.0542. The number of benzene rings is 2. The predicted molar refractivity (Wildman–Crippen MR) is 122 cm³/mol. The number of ketones is 1. The third-order valence-electron chi connectivity index (χ3n) is 5.48. The van der Waals surface area contributed by atoms with Crippen molar-refractivity contribution in [3.63, 3.8) is 0 Å². The minimum Gasteiger partial charge on any atom is -0.368 e. The molecule has 2 aromatic rings. The molecule has 1 fully saturated rings. The third-order valence-corrected chi connectivity index (χ3v) is 5.48. The highest BCUT2D eigenvalue weighted by Gasteiger charge is 2.30. The van der Waals surface area contributed by atoms with Crippen LogP contribution in [-0.2, 0) is 4.79 Å². The van der Waals surface area contributed by atoms with Crippen LogP contribution in [0.3, 0.4) is 0 Å². The monoisotopic (exact) mass is 422 g/mol. The molecule has 0 aliphatic carbocycles. The largest absolute Gasteiger partial charge is 0.368 e. The summed E-state index contributed by atoms with van der Waals surface area (Å²) >= 11 is 0. The minimum absolute atomic E-state index is 0.0359. The number of hydrogen-bond acceptors (Lipinski definition) is 4. The van der Waals surface area contributed by atoms with E-state index in [1.54, 1.807) is 19.1 Å². The molecule has 7 heteroatoms. The molecule has 1 atom stereocenters. The van der Waals surface area contributed by atoms with Crippen molar-refractivity contribution in [3.05, 3.63) is 60.2 Å². The number of urea groups is 1. The van der Waals surface area contributed by atoms with Crippen molar-refractivity contribution in [2.75, 3.05) is 36.4 Å². The van der Waals surface area contributed by atoms with E-state index in [-0.39, 0.29) is 23.6 Å². The smallest absolute Gasteiger partial charge is 0.319 e. The average molecular weight is 423 g/mol. The molecule has 1 heterocycles. The van der Waals surface area contributed by atoms with E-state index >= 15 is 0 Å². The normalized spacial score (nSPS) is 14.8. The van der Waals surface area contributed by atoms with Crippen molar-refractivity contribution < 1.29 is 14.4 Å². The highest BCUT2D eigenvalue weighted by Crippen LogP contribution is 2.19. The number of anilines is 2. The Morgan fingerprint density at radius 1 is 0.871 bits per heavy atom. The molecule has 0 unspecified atom stereocenters. The molecule has 2 N–H and O–H groups in total. The quantitative estimate of drug-likeness (QED) is 0.700. The number of hydrogen-bond donors (Lipinski definition) is 2. The first-order valence-electron chi connectivity index (χ1n) is 10.6. The molecule has 0 spiro atoms. The molecule has 3 amide bonds. The Kier molecular flexibility index (Phi) is 7.28. The van der Waals surface area contributed by atoms with Gasteiger partial charge in [-0.1, -0.05) is 32.0 Å². The van der Waals surface area contributed by atoms with E-state index in [0.717, 1.165) is 5.69 Å². The second-order valence-corrected chi connectivity index (χ2v) is 8.10. The van der Waals surface area contributed by atoms with E-state index < -0.39 is 6.04 Å². The van der Waals surface area contributed by atoms with Gasteiger partial charge in [-0.15, -0.1) is 0 Å². The number of carbonyl (C=O) groups is 3. The zero-order valence-corrected chi connectivity index (χ0v) is 18.3. The second-order valence-electron chi connectivity index (χ2n) is 8.10.